The molecule has 17 heavy (non-hydrogen) atoms. The first-order chi connectivity index (χ1) is 7.72. The van der Waals surface area contributed by atoms with Gasteiger partial charge in [-0.25, -0.2) is 8.42 Å². The van der Waals surface area contributed by atoms with Crippen molar-refractivity contribution in [2.75, 3.05) is 18.1 Å². The van der Waals surface area contributed by atoms with Crippen molar-refractivity contribution in [3.63, 3.8) is 0 Å². The first kappa shape index (κ1) is 13.9. The molecule has 0 spiro atoms. The van der Waals surface area contributed by atoms with Crippen LogP contribution in [0.3, 0.4) is 0 Å². The topological polar surface area (TPSA) is 82.3 Å². The maximum Gasteiger partial charge on any atom is 0.182 e. The number of rotatable bonds is 4. The third-order valence-electron chi connectivity index (χ3n) is 2.03. The van der Waals surface area contributed by atoms with E-state index in [1.54, 1.807) is 0 Å². The molecular weight excluding hydrogens is 240 g/mol. The SMILES string of the molecule is CC(C)(C)OCCS(=O)(=O)c1ccncc1N. The molecule has 0 radical (unpaired) electrons. The quantitative estimate of drug-likeness (QED) is 0.879. The molecule has 0 aliphatic rings. The van der Waals surface area contributed by atoms with Crippen LogP contribution in [-0.2, 0) is 14.6 Å². The fraction of sp³-hybridized carbons (Fsp3) is 0.545. The minimum Gasteiger partial charge on any atom is -0.396 e. The predicted molar refractivity (Wildman–Crippen MR) is 66.4 cm³/mol. The van der Waals surface area contributed by atoms with Crippen molar-refractivity contribution in [2.24, 2.45) is 0 Å². The van der Waals surface area contributed by atoms with Crippen LogP contribution in [0, 0.1) is 0 Å². The van der Waals surface area contributed by atoms with Crippen molar-refractivity contribution in [1.82, 2.24) is 4.98 Å². The zero-order chi connectivity index (χ0) is 13.1. The summed E-state index contributed by atoms with van der Waals surface area (Å²) < 4.78 is 29.3. The molecular formula is C11H18N2O3S. The summed E-state index contributed by atoms with van der Waals surface area (Å²) in [5.74, 6) is -0.0848. The summed E-state index contributed by atoms with van der Waals surface area (Å²) in [6.45, 7) is 5.77. The van der Waals surface area contributed by atoms with Gasteiger partial charge >= 0.3 is 0 Å². The number of anilines is 1. The Morgan fingerprint density at radius 2 is 2.06 bits per heavy atom. The zero-order valence-corrected chi connectivity index (χ0v) is 11.1. The first-order valence-electron chi connectivity index (χ1n) is 5.28. The fourth-order valence-corrected chi connectivity index (χ4v) is 2.45. The molecule has 1 aromatic rings. The van der Waals surface area contributed by atoms with E-state index in [1.165, 1.54) is 18.5 Å². The Labute approximate surface area is 102 Å². The average molecular weight is 258 g/mol. The number of nitrogens with two attached hydrogens (primary N) is 1. The Hall–Kier alpha value is -1.14. The van der Waals surface area contributed by atoms with E-state index in [0.717, 1.165) is 0 Å². The number of sulfone groups is 1. The maximum absolute atomic E-state index is 12.0. The standard InChI is InChI=1S/C11H18N2O3S/c1-11(2,3)16-6-7-17(14,15)10-4-5-13-8-9(10)12/h4-5,8H,6-7,12H2,1-3H3. The minimum atomic E-state index is -3.40. The van der Waals surface area contributed by atoms with E-state index in [2.05, 4.69) is 4.98 Å². The highest BCUT2D eigenvalue weighted by atomic mass is 32.2. The lowest BCUT2D eigenvalue weighted by Crippen LogP contribution is -2.24. The van der Waals surface area contributed by atoms with Crippen LogP contribution in [0.2, 0.25) is 0 Å². The van der Waals surface area contributed by atoms with Crippen LogP contribution in [0.15, 0.2) is 23.4 Å². The van der Waals surface area contributed by atoms with Gasteiger partial charge in [0.15, 0.2) is 9.84 Å². The van der Waals surface area contributed by atoms with Gasteiger partial charge in [0.2, 0.25) is 0 Å². The summed E-state index contributed by atoms with van der Waals surface area (Å²) in [4.78, 5) is 3.87. The Balaban J connectivity index is 2.74. The Bertz CT molecular complexity index is 478. The van der Waals surface area contributed by atoms with Gasteiger partial charge in [-0.3, -0.25) is 4.98 Å². The van der Waals surface area contributed by atoms with E-state index in [9.17, 15) is 8.42 Å². The number of aromatic nitrogens is 1. The third kappa shape index (κ3) is 4.32. The van der Waals surface area contributed by atoms with Gasteiger partial charge in [-0.2, -0.15) is 0 Å². The molecule has 0 aliphatic carbocycles. The summed E-state index contributed by atoms with van der Waals surface area (Å²) in [6.07, 6.45) is 2.74. The Kier molecular flexibility index (Phi) is 4.11. The fourth-order valence-electron chi connectivity index (χ4n) is 1.24. The second-order valence-corrected chi connectivity index (χ2v) is 6.77. The monoisotopic (exact) mass is 258 g/mol. The van der Waals surface area contributed by atoms with E-state index in [0.29, 0.717) is 0 Å². The van der Waals surface area contributed by atoms with E-state index >= 15 is 0 Å². The average Bonchev–Trinajstić information content (AvgIpc) is 2.15. The second kappa shape index (κ2) is 5.01. The minimum absolute atomic E-state index is 0.0848. The van der Waals surface area contributed by atoms with Crippen LogP contribution in [0.25, 0.3) is 0 Å². The van der Waals surface area contributed by atoms with Gasteiger partial charge in [0.1, 0.15) is 0 Å². The molecule has 0 atom stereocenters. The molecule has 0 fully saturated rings. The number of ether oxygens (including phenoxy) is 1. The molecule has 6 heteroatoms. The molecule has 0 aromatic carbocycles. The largest absolute Gasteiger partial charge is 0.396 e. The van der Waals surface area contributed by atoms with Gasteiger partial charge in [-0.05, 0) is 26.8 Å². The van der Waals surface area contributed by atoms with E-state index in [1.807, 2.05) is 20.8 Å². The molecule has 96 valence electrons. The number of hydrogen-bond acceptors (Lipinski definition) is 5. The van der Waals surface area contributed by atoms with E-state index < -0.39 is 9.84 Å². The Morgan fingerprint density at radius 1 is 1.41 bits per heavy atom. The lowest BCUT2D eigenvalue weighted by Gasteiger charge is -2.19. The summed E-state index contributed by atoms with van der Waals surface area (Å²) in [6, 6.07) is 1.40. The van der Waals surface area contributed by atoms with Gasteiger partial charge in [-0.15, -0.1) is 0 Å². The summed E-state index contributed by atoms with van der Waals surface area (Å²) >= 11 is 0. The first-order valence-corrected chi connectivity index (χ1v) is 6.94. The molecule has 0 amide bonds. The number of pyridine rings is 1. The van der Waals surface area contributed by atoms with Crippen molar-refractivity contribution in [1.29, 1.82) is 0 Å². The van der Waals surface area contributed by atoms with Crippen LogP contribution < -0.4 is 5.73 Å². The highest BCUT2D eigenvalue weighted by Gasteiger charge is 2.19. The van der Waals surface area contributed by atoms with Gasteiger partial charge in [-0.1, -0.05) is 0 Å². The predicted octanol–water partition coefficient (Wildman–Crippen LogP) is 1.25. The normalized spacial score (nSPS) is 12.6. The molecule has 0 saturated carbocycles. The van der Waals surface area contributed by atoms with Gasteiger partial charge in [0.25, 0.3) is 0 Å². The summed E-state index contributed by atoms with van der Waals surface area (Å²) in [7, 11) is -3.40. The van der Waals surface area contributed by atoms with Crippen LogP contribution in [0.5, 0.6) is 0 Å². The van der Waals surface area contributed by atoms with Gasteiger partial charge < -0.3 is 10.5 Å². The van der Waals surface area contributed by atoms with Crippen LogP contribution in [0.1, 0.15) is 20.8 Å². The summed E-state index contributed by atoms with van der Waals surface area (Å²) in [5.41, 5.74) is 5.40. The van der Waals surface area contributed by atoms with Gasteiger partial charge in [0, 0.05) is 6.20 Å². The third-order valence-corrected chi connectivity index (χ3v) is 3.78. The van der Waals surface area contributed by atoms with Crippen molar-refractivity contribution in [2.45, 2.75) is 31.3 Å². The van der Waals surface area contributed by atoms with Crippen molar-refractivity contribution >= 4 is 15.5 Å². The molecule has 0 aliphatic heterocycles. The molecule has 5 nitrogen and oxygen atoms in total. The van der Waals surface area contributed by atoms with Crippen LogP contribution in [0.4, 0.5) is 5.69 Å². The van der Waals surface area contributed by atoms with Crippen molar-refractivity contribution < 1.29 is 13.2 Å². The van der Waals surface area contributed by atoms with Crippen LogP contribution >= 0.6 is 0 Å². The lowest BCUT2D eigenvalue weighted by atomic mass is 10.2. The lowest BCUT2D eigenvalue weighted by molar-refractivity contribution is 0.00645. The number of nitrogen functional groups attached to an aromatic ring is 1. The smallest absolute Gasteiger partial charge is 0.182 e. The highest BCUT2D eigenvalue weighted by Crippen LogP contribution is 2.18. The molecule has 1 aromatic heterocycles. The summed E-state index contributed by atoms with van der Waals surface area (Å²) in [5, 5.41) is 0. The van der Waals surface area contributed by atoms with Gasteiger partial charge in [0.05, 0.1) is 34.7 Å². The Morgan fingerprint density at radius 3 is 2.59 bits per heavy atom. The molecule has 1 heterocycles. The number of hydrogen-bond donors (Lipinski definition) is 1. The molecule has 2 N–H and O–H groups in total. The van der Waals surface area contributed by atoms with Crippen molar-refractivity contribution in [3.05, 3.63) is 18.5 Å². The number of nitrogens with zero attached hydrogens (tertiary/aromatic N) is 1. The highest BCUT2D eigenvalue weighted by molar-refractivity contribution is 7.91. The van der Waals surface area contributed by atoms with Crippen molar-refractivity contribution in [3.8, 4) is 0 Å². The molecule has 1 rings (SSSR count). The molecule has 0 saturated heterocycles. The van der Waals surface area contributed by atoms with Crippen LogP contribution in [-0.4, -0.2) is 31.4 Å². The van der Waals surface area contributed by atoms with E-state index in [-0.39, 0.29) is 28.5 Å². The van der Waals surface area contributed by atoms with E-state index in [4.69, 9.17) is 10.5 Å². The zero-order valence-electron chi connectivity index (χ0n) is 10.3. The molecule has 0 unspecified atom stereocenters. The second-order valence-electron chi connectivity index (χ2n) is 4.69. The molecule has 0 bridgehead atoms. The maximum atomic E-state index is 12.0.